The van der Waals surface area contributed by atoms with E-state index in [0.29, 0.717) is 13.2 Å². The Morgan fingerprint density at radius 3 is 2.61 bits per heavy atom. The van der Waals surface area contributed by atoms with E-state index in [4.69, 9.17) is 4.74 Å². The highest BCUT2D eigenvalue weighted by molar-refractivity contribution is 14.0. The number of nitrogens with zero attached hydrogens (tertiary/aromatic N) is 2. The van der Waals surface area contributed by atoms with E-state index in [1.807, 2.05) is 37.3 Å². The minimum Gasteiger partial charge on any atom is -0.492 e. The van der Waals surface area contributed by atoms with Crippen molar-refractivity contribution < 1.29 is 4.74 Å². The predicted molar refractivity (Wildman–Crippen MR) is 107 cm³/mol. The monoisotopic (exact) mass is 446 g/mol. The van der Waals surface area contributed by atoms with Crippen LogP contribution in [0.1, 0.15) is 10.7 Å². The molecule has 126 valence electrons. The normalized spacial score (nSPS) is 10.8. The minimum absolute atomic E-state index is 0. The van der Waals surface area contributed by atoms with Crippen molar-refractivity contribution in [3.63, 3.8) is 0 Å². The maximum atomic E-state index is 5.62. The van der Waals surface area contributed by atoms with Gasteiger partial charge in [-0.2, -0.15) is 0 Å². The average Bonchev–Trinajstić information content (AvgIpc) is 2.96. The average molecular weight is 446 g/mol. The maximum absolute atomic E-state index is 5.62. The van der Waals surface area contributed by atoms with Crippen LogP contribution in [0.25, 0.3) is 0 Å². The molecule has 1 aromatic heterocycles. The van der Waals surface area contributed by atoms with E-state index in [-0.39, 0.29) is 24.0 Å². The minimum atomic E-state index is 0. The SMILES string of the molecule is CN=C(NCCOc1ccccc1)NCCc1csc(C)n1.I. The molecular formula is C16H23IN4OS. The Balaban J connectivity index is 0.00000264. The molecule has 0 saturated heterocycles. The third-order valence-electron chi connectivity index (χ3n) is 2.97. The molecule has 0 unspecified atom stereocenters. The molecule has 0 aliphatic carbocycles. The van der Waals surface area contributed by atoms with Gasteiger partial charge in [-0.15, -0.1) is 35.3 Å². The van der Waals surface area contributed by atoms with Crippen LogP contribution in [0.5, 0.6) is 5.75 Å². The molecule has 0 aliphatic rings. The second-order valence-corrected chi connectivity index (χ2v) is 5.76. The molecule has 7 heteroatoms. The standard InChI is InChI=1S/C16H22N4OS.HI/c1-13-20-14(12-22-13)8-9-18-16(17-2)19-10-11-21-15-6-4-3-5-7-15;/h3-7,12H,8-11H2,1-2H3,(H2,17,18,19);1H. The first-order valence-corrected chi connectivity index (χ1v) is 8.19. The Hall–Kier alpha value is -1.35. The van der Waals surface area contributed by atoms with Gasteiger partial charge in [-0.05, 0) is 19.1 Å². The number of hydrogen-bond donors (Lipinski definition) is 2. The fraction of sp³-hybridized carbons (Fsp3) is 0.375. The van der Waals surface area contributed by atoms with Gasteiger partial charge in [0.2, 0.25) is 0 Å². The lowest BCUT2D eigenvalue weighted by atomic mass is 10.3. The van der Waals surface area contributed by atoms with Crippen LogP contribution < -0.4 is 15.4 Å². The van der Waals surface area contributed by atoms with Gasteiger partial charge < -0.3 is 15.4 Å². The molecule has 0 bridgehead atoms. The molecule has 0 aliphatic heterocycles. The van der Waals surface area contributed by atoms with E-state index in [2.05, 4.69) is 26.0 Å². The second kappa shape index (κ2) is 11.2. The lowest BCUT2D eigenvalue weighted by Gasteiger charge is -2.12. The van der Waals surface area contributed by atoms with Gasteiger partial charge >= 0.3 is 0 Å². The summed E-state index contributed by atoms with van der Waals surface area (Å²) >= 11 is 1.68. The number of para-hydroxylation sites is 1. The van der Waals surface area contributed by atoms with Crippen molar-refractivity contribution in [1.29, 1.82) is 0 Å². The molecular weight excluding hydrogens is 423 g/mol. The third-order valence-corrected chi connectivity index (χ3v) is 3.79. The number of aryl methyl sites for hydroxylation is 1. The highest BCUT2D eigenvalue weighted by Crippen LogP contribution is 2.08. The fourth-order valence-electron chi connectivity index (χ4n) is 1.91. The van der Waals surface area contributed by atoms with Gasteiger partial charge in [-0.3, -0.25) is 4.99 Å². The summed E-state index contributed by atoms with van der Waals surface area (Å²) in [7, 11) is 1.76. The molecule has 2 N–H and O–H groups in total. The Labute approximate surface area is 158 Å². The quantitative estimate of drug-likeness (QED) is 0.297. The van der Waals surface area contributed by atoms with Crippen molar-refractivity contribution in [3.8, 4) is 5.75 Å². The fourth-order valence-corrected chi connectivity index (χ4v) is 2.55. The molecule has 0 atom stereocenters. The Morgan fingerprint density at radius 1 is 1.22 bits per heavy atom. The summed E-state index contributed by atoms with van der Waals surface area (Å²) in [5, 5.41) is 9.71. The topological polar surface area (TPSA) is 58.5 Å². The number of aromatic nitrogens is 1. The summed E-state index contributed by atoms with van der Waals surface area (Å²) in [5.41, 5.74) is 1.12. The van der Waals surface area contributed by atoms with E-state index in [9.17, 15) is 0 Å². The Bertz CT molecular complexity index is 589. The van der Waals surface area contributed by atoms with Gasteiger partial charge in [0.05, 0.1) is 17.2 Å². The highest BCUT2D eigenvalue weighted by Gasteiger charge is 2.00. The van der Waals surface area contributed by atoms with E-state index >= 15 is 0 Å². The number of rotatable bonds is 7. The highest BCUT2D eigenvalue weighted by atomic mass is 127. The zero-order chi connectivity index (χ0) is 15.6. The van der Waals surface area contributed by atoms with Crippen LogP contribution in [0.4, 0.5) is 0 Å². The lowest BCUT2D eigenvalue weighted by Crippen LogP contribution is -2.40. The number of thiazole rings is 1. The van der Waals surface area contributed by atoms with Crippen LogP contribution in [-0.2, 0) is 6.42 Å². The third kappa shape index (κ3) is 7.65. The molecule has 5 nitrogen and oxygen atoms in total. The lowest BCUT2D eigenvalue weighted by molar-refractivity contribution is 0.322. The zero-order valence-electron chi connectivity index (χ0n) is 13.4. The summed E-state index contributed by atoms with van der Waals surface area (Å²) in [4.78, 5) is 8.63. The van der Waals surface area contributed by atoms with Gasteiger partial charge in [-0.1, -0.05) is 18.2 Å². The van der Waals surface area contributed by atoms with Crippen LogP contribution in [-0.4, -0.2) is 37.7 Å². The number of aliphatic imine (C=N–C) groups is 1. The van der Waals surface area contributed by atoms with Crippen LogP contribution in [0.15, 0.2) is 40.7 Å². The molecule has 0 radical (unpaired) electrons. The number of halogens is 1. The van der Waals surface area contributed by atoms with Crippen molar-refractivity contribution in [3.05, 3.63) is 46.4 Å². The first-order valence-electron chi connectivity index (χ1n) is 7.31. The molecule has 0 spiro atoms. The Kier molecular flexibility index (Phi) is 9.61. The molecule has 0 amide bonds. The molecule has 0 saturated carbocycles. The predicted octanol–water partition coefficient (Wildman–Crippen LogP) is 2.86. The number of ether oxygens (including phenoxy) is 1. The smallest absolute Gasteiger partial charge is 0.191 e. The summed E-state index contributed by atoms with van der Waals surface area (Å²) in [5.74, 6) is 1.66. The molecule has 1 heterocycles. The van der Waals surface area contributed by atoms with Crippen molar-refractivity contribution in [1.82, 2.24) is 15.6 Å². The zero-order valence-corrected chi connectivity index (χ0v) is 16.6. The summed E-state index contributed by atoms with van der Waals surface area (Å²) in [6.45, 7) is 4.12. The number of guanidine groups is 1. The summed E-state index contributed by atoms with van der Waals surface area (Å²) in [6.07, 6.45) is 0.894. The molecule has 23 heavy (non-hydrogen) atoms. The van der Waals surface area contributed by atoms with E-state index in [1.54, 1.807) is 18.4 Å². The maximum Gasteiger partial charge on any atom is 0.191 e. The largest absolute Gasteiger partial charge is 0.492 e. The van der Waals surface area contributed by atoms with Crippen LogP contribution in [0, 0.1) is 6.92 Å². The number of hydrogen-bond acceptors (Lipinski definition) is 4. The summed E-state index contributed by atoms with van der Waals surface area (Å²) in [6, 6.07) is 9.79. The van der Waals surface area contributed by atoms with Crippen LogP contribution in [0.2, 0.25) is 0 Å². The van der Waals surface area contributed by atoms with Gasteiger partial charge in [0.15, 0.2) is 5.96 Å². The number of benzene rings is 1. The van der Waals surface area contributed by atoms with Gasteiger partial charge in [0.25, 0.3) is 0 Å². The van der Waals surface area contributed by atoms with Crippen molar-refractivity contribution in [2.24, 2.45) is 4.99 Å². The van der Waals surface area contributed by atoms with E-state index in [1.165, 1.54) is 0 Å². The Morgan fingerprint density at radius 2 is 1.96 bits per heavy atom. The van der Waals surface area contributed by atoms with Crippen molar-refractivity contribution in [2.45, 2.75) is 13.3 Å². The van der Waals surface area contributed by atoms with Gasteiger partial charge in [0.1, 0.15) is 12.4 Å². The van der Waals surface area contributed by atoms with Crippen molar-refractivity contribution in [2.75, 3.05) is 26.7 Å². The van der Waals surface area contributed by atoms with Crippen molar-refractivity contribution >= 4 is 41.3 Å². The summed E-state index contributed by atoms with van der Waals surface area (Å²) < 4.78 is 5.62. The first kappa shape index (κ1) is 19.7. The second-order valence-electron chi connectivity index (χ2n) is 4.70. The molecule has 2 rings (SSSR count). The van der Waals surface area contributed by atoms with Gasteiger partial charge in [-0.25, -0.2) is 4.98 Å². The van der Waals surface area contributed by atoms with E-state index < -0.39 is 0 Å². The first-order chi connectivity index (χ1) is 10.8. The molecule has 1 aromatic carbocycles. The van der Waals surface area contributed by atoms with Gasteiger partial charge in [0, 0.05) is 25.4 Å². The van der Waals surface area contributed by atoms with E-state index in [0.717, 1.165) is 35.4 Å². The van der Waals surface area contributed by atoms with Crippen LogP contribution in [0.3, 0.4) is 0 Å². The molecule has 2 aromatic rings. The molecule has 0 fully saturated rings. The van der Waals surface area contributed by atoms with Crippen LogP contribution >= 0.6 is 35.3 Å². The number of nitrogens with one attached hydrogen (secondary N) is 2.